The molecule has 5 rings (SSSR count). The molecule has 282 valence electrons. The van der Waals surface area contributed by atoms with E-state index >= 15 is 0 Å². The van der Waals surface area contributed by atoms with Crippen molar-refractivity contribution in [3.8, 4) is 0 Å². The number of nitrogens with one attached hydrogen (secondary N) is 2. The van der Waals surface area contributed by atoms with Crippen molar-refractivity contribution in [2.45, 2.75) is 93.9 Å². The quantitative estimate of drug-likeness (QED) is 0.0999. The molecule has 8 nitrogen and oxygen atoms in total. The zero-order valence-electron chi connectivity index (χ0n) is 33.4. The van der Waals surface area contributed by atoms with Gasteiger partial charge in [0, 0.05) is 51.8 Å². The summed E-state index contributed by atoms with van der Waals surface area (Å²) in [4.78, 5) is 14.1. The van der Waals surface area contributed by atoms with E-state index in [1.54, 1.807) is 0 Å². The van der Waals surface area contributed by atoms with Crippen molar-refractivity contribution in [1.29, 1.82) is 0 Å². The summed E-state index contributed by atoms with van der Waals surface area (Å²) in [5.41, 5.74) is 16.8. The Labute approximate surface area is 320 Å². The first-order chi connectivity index (χ1) is 25.2. The molecule has 0 heterocycles. The van der Waals surface area contributed by atoms with E-state index in [4.69, 9.17) is 0 Å². The molecule has 4 aromatic rings. The topological polar surface area (TPSA) is 126 Å². The van der Waals surface area contributed by atoms with Gasteiger partial charge in [-0.2, -0.15) is 0 Å². The van der Waals surface area contributed by atoms with Gasteiger partial charge < -0.3 is 9.87 Å². The monoisotopic (exact) mass is 745 g/mol. The fraction of sp³-hybridized carbons (Fsp3) is 0.311. The predicted molar refractivity (Wildman–Crippen MR) is 219 cm³/mol. The summed E-state index contributed by atoms with van der Waals surface area (Å²) in [6.07, 6.45) is 5.93. The van der Waals surface area contributed by atoms with E-state index in [0.717, 1.165) is 62.2 Å². The lowest BCUT2D eigenvalue weighted by Gasteiger charge is -2.23. The zero-order chi connectivity index (χ0) is 40.0. The molecule has 0 bridgehead atoms. The van der Waals surface area contributed by atoms with Gasteiger partial charge in [-0.1, -0.05) is 39.8 Å². The molecule has 9 heteroatoms. The fourth-order valence-electron chi connectivity index (χ4n) is 7.36. The highest BCUT2D eigenvalue weighted by atomic mass is 32.2. The van der Waals surface area contributed by atoms with Crippen LogP contribution in [-0.2, 0) is 10.1 Å². The van der Waals surface area contributed by atoms with Crippen LogP contribution in [-0.4, -0.2) is 23.6 Å². The standard InChI is InChI=1S/C45H51N3O5S/c1-24(2)38-21-34(13-17-40(38)46-44-28(7)19-26(5)30(9)32(44)11)43(37-16-15-36(48(49)50)23-42(37)54(51,52)53)35-14-18-41(39(22-35)25(3)4)47-45-29(8)20-27(6)31(10)33(45)12/h13-25,46H,1-12H3,(H,51,52,53). The van der Waals surface area contributed by atoms with E-state index in [0.29, 0.717) is 16.7 Å². The highest BCUT2D eigenvalue weighted by Crippen LogP contribution is 2.40. The molecule has 1 aliphatic rings. The van der Waals surface area contributed by atoms with Crippen molar-refractivity contribution >= 4 is 44.2 Å². The van der Waals surface area contributed by atoms with Crippen LogP contribution in [0.5, 0.6) is 0 Å². The molecule has 0 saturated carbocycles. The number of rotatable bonds is 9. The molecule has 2 N–H and O–H groups in total. The minimum Gasteiger partial charge on any atom is -0.744 e. The lowest BCUT2D eigenvalue weighted by atomic mass is 9.84. The third-order valence-corrected chi connectivity index (χ3v) is 11.7. The molecule has 54 heavy (non-hydrogen) atoms. The molecule has 4 aromatic carbocycles. The average molecular weight is 746 g/mol. The normalized spacial score (nSPS) is 14.9. The van der Waals surface area contributed by atoms with Gasteiger partial charge in [0.2, 0.25) is 11.4 Å². The van der Waals surface area contributed by atoms with Gasteiger partial charge in [-0.3, -0.25) is 10.1 Å². The van der Waals surface area contributed by atoms with Gasteiger partial charge in [-0.05, 0) is 159 Å². The second-order valence-electron chi connectivity index (χ2n) is 15.2. The number of aryl methyl sites for hydroxylation is 4. The Balaban J connectivity index is 1.81. The summed E-state index contributed by atoms with van der Waals surface area (Å²) >= 11 is 0. The number of nitro benzene ring substituents is 1. The van der Waals surface area contributed by atoms with E-state index in [1.807, 2.05) is 36.4 Å². The SMILES string of the molecule is Cc1cc(C)c(Nc2ccc(C(=C3C=CC(=[NH+]c4c(C)cc(C)c(C)c4C)C(C(C)C)=C3)c3ccc([N+](=O)[O-])cc3S(=O)(=O)[O-])cc2C(C)C)c(C)c1C. The number of hydrogen-bond acceptors (Lipinski definition) is 6. The van der Waals surface area contributed by atoms with Crippen LogP contribution < -0.4 is 10.3 Å². The van der Waals surface area contributed by atoms with E-state index in [9.17, 15) is 23.1 Å². The van der Waals surface area contributed by atoms with Crippen LogP contribution in [0.4, 0.5) is 22.7 Å². The molecular weight excluding hydrogens is 695 g/mol. The summed E-state index contributed by atoms with van der Waals surface area (Å²) in [7, 11) is -5.14. The number of benzene rings is 4. The highest BCUT2D eigenvalue weighted by Gasteiger charge is 2.26. The minimum atomic E-state index is -5.14. The van der Waals surface area contributed by atoms with Crippen molar-refractivity contribution in [3.05, 3.63) is 149 Å². The van der Waals surface area contributed by atoms with Crippen molar-refractivity contribution in [2.24, 2.45) is 5.92 Å². The second-order valence-corrected chi connectivity index (χ2v) is 16.5. The van der Waals surface area contributed by atoms with Crippen molar-refractivity contribution in [2.75, 3.05) is 5.32 Å². The minimum absolute atomic E-state index is 0.0580. The van der Waals surface area contributed by atoms with Crippen LogP contribution in [0.2, 0.25) is 0 Å². The van der Waals surface area contributed by atoms with Gasteiger partial charge >= 0.3 is 0 Å². The Bertz CT molecular complexity index is 2450. The third-order valence-electron chi connectivity index (χ3n) is 10.9. The first kappa shape index (κ1) is 40.1. The highest BCUT2D eigenvalue weighted by molar-refractivity contribution is 7.85. The molecule has 0 fully saturated rings. The van der Waals surface area contributed by atoms with Crippen LogP contribution >= 0.6 is 0 Å². The molecule has 1 aliphatic carbocycles. The first-order valence-electron chi connectivity index (χ1n) is 18.3. The first-order valence-corrected chi connectivity index (χ1v) is 19.7. The van der Waals surface area contributed by atoms with Gasteiger partial charge in [0.05, 0.1) is 9.82 Å². The number of nitrogens with zero attached hydrogens (tertiary/aromatic N) is 1. The molecule has 0 spiro atoms. The van der Waals surface area contributed by atoms with E-state index in [2.05, 4.69) is 106 Å². The molecule has 0 aromatic heterocycles. The van der Waals surface area contributed by atoms with Crippen LogP contribution in [0.15, 0.2) is 82.8 Å². The van der Waals surface area contributed by atoms with Crippen LogP contribution in [0, 0.1) is 71.4 Å². The van der Waals surface area contributed by atoms with Gasteiger partial charge in [0.15, 0.2) is 0 Å². The third kappa shape index (κ3) is 7.88. The van der Waals surface area contributed by atoms with Gasteiger partial charge in [-0.15, -0.1) is 0 Å². The molecule has 0 radical (unpaired) electrons. The molecule has 0 aliphatic heterocycles. The number of non-ortho nitro benzene ring substituents is 1. The van der Waals surface area contributed by atoms with Crippen LogP contribution in [0.1, 0.15) is 94.8 Å². The van der Waals surface area contributed by atoms with Crippen molar-refractivity contribution < 1.29 is 22.9 Å². The number of anilines is 2. The van der Waals surface area contributed by atoms with Gasteiger partial charge in [0.25, 0.3) is 5.69 Å². The van der Waals surface area contributed by atoms with Crippen molar-refractivity contribution in [3.63, 3.8) is 0 Å². The lowest BCUT2D eigenvalue weighted by molar-refractivity contribution is -0.385. The van der Waals surface area contributed by atoms with Gasteiger partial charge in [0.1, 0.15) is 10.1 Å². The fourth-order valence-corrected chi connectivity index (χ4v) is 8.06. The number of hydrogen-bond donors (Lipinski definition) is 2. The Kier molecular flexibility index (Phi) is 11.4. The molecule has 0 saturated heterocycles. The maximum absolute atomic E-state index is 12.9. The summed E-state index contributed by atoms with van der Waals surface area (Å²) in [5, 5.41) is 15.5. The maximum Gasteiger partial charge on any atom is 0.270 e. The Morgan fingerprint density at radius 2 is 1.37 bits per heavy atom. The summed E-state index contributed by atoms with van der Waals surface area (Å²) in [6, 6.07) is 13.8. The molecule has 0 unspecified atom stereocenters. The largest absolute Gasteiger partial charge is 0.744 e. The summed E-state index contributed by atoms with van der Waals surface area (Å²) < 4.78 is 38.6. The Morgan fingerprint density at radius 3 is 1.96 bits per heavy atom. The smallest absolute Gasteiger partial charge is 0.270 e. The molecule has 0 amide bonds. The van der Waals surface area contributed by atoms with Crippen LogP contribution in [0.3, 0.4) is 0 Å². The average Bonchev–Trinajstić information content (AvgIpc) is 3.10. The summed E-state index contributed by atoms with van der Waals surface area (Å²) in [5.74, 6) is 0.116. The predicted octanol–water partition coefficient (Wildman–Crippen LogP) is 9.64. The van der Waals surface area contributed by atoms with E-state index in [-0.39, 0.29) is 17.4 Å². The zero-order valence-corrected chi connectivity index (χ0v) is 34.2. The Hall–Kier alpha value is -5.12. The number of allylic oxidation sites excluding steroid dienone is 5. The van der Waals surface area contributed by atoms with E-state index in [1.165, 1.54) is 34.4 Å². The van der Waals surface area contributed by atoms with Crippen LogP contribution in [0.25, 0.3) is 5.57 Å². The Morgan fingerprint density at radius 1 is 0.741 bits per heavy atom. The lowest BCUT2D eigenvalue weighted by Crippen LogP contribution is -2.67. The number of nitro groups is 1. The van der Waals surface area contributed by atoms with Gasteiger partial charge in [-0.25, -0.2) is 13.4 Å². The van der Waals surface area contributed by atoms with E-state index < -0.39 is 25.6 Å². The second kappa shape index (κ2) is 15.3. The van der Waals surface area contributed by atoms with Crippen molar-refractivity contribution in [1.82, 2.24) is 0 Å². The summed E-state index contributed by atoms with van der Waals surface area (Å²) in [6.45, 7) is 25.2. The molecular formula is C45H51N3O5S. The maximum atomic E-state index is 12.9. The molecule has 0 atom stereocenters.